The van der Waals surface area contributed by atoms with Crippen molar-refractivity contribution in [1.29, 1.82) is 0 Å². The van der Waals surface area contributed by atoms with Crippen molar-refractivity contribution in [2.45, 2.75) is 52.0 Å². The number of carbonyl (C=O) groups excluding carboxylic acids is 1. The molecule has 0 fully saturated rings. The highest BCUT2D eigenvalue weighted by Gasteiger charge is 2.18. The third kappa shape index (κ3) is 5.89. The Hall–Kier alpha value is -2.10. The maximum Gasteiger partial charge on any atom is 0.289 e. The minimum absolute atomic E-state index is 0.0609. The summed E-state index contributed by atoms with van der Waals surface area (Å²) in [5.74, 6) is 0.334. The first-order chi connectivity index (χ1) is 11.3. The van der Waals surface area contributed by atoms with Gasteiger partial charge in [0.1, 0.15) is 0 Å². The molecule has 0 saturated heterocycles. The first-order valence-electron chi connectivity index (χ1n) is 8.54. The molecule has 4 heteroatoms. The van der Waals surface area contributed by atoms with Crippen LogP contribution in [-0.2, 0) is 6.54 Å². The highest BCUT2D eigenvalue weighted by molar-refractivity contribution is 5.91. The normalized spacial score (nSPS) is 10.7. The smallest absolute Gasteiger partial charge is 0.289 e. The van der Waals surface area contributed by atoms with Gasteiger partial charge in [0.25, 0.3) is 5.91 Å². The van der Waals surface area contributed by atoms with Crippen LogP contribution in [0.5, 0.6) is 0 Å². The van der Waals surface area contributed by atoms with Crippen molar-refractivity contribution >= 4 is 5.91 Å². The zero-order chi connectivity index (χ0) is 16.3. The van der Waals surface area contributed by atoms with Crippen LogP contribution in [0.3, 0.4) is 0 Å². The van der Waals surface area contributed by atoms with E-state index in [4.69, 9.17) is 4.42 Å². The molecule has 2 aromatic rings. The van der Waals surface area contributed by atoms with Gasteiger partial charge in [0.15, 0.2) is 5.76 Å². The summed E-state index contributed by atoms with van der Waals surface area (Å²) < 4.78 is 5.26. The molecule has 2 rings (SSSR count). The molecule has 2 heterocycles. The molecule has 0 aliphatic heterocycles. The molecule has 0 spiro atoms. The average Bonchev–Trinajstić information content (AvgIpc) is 3.12. The van der Waals surface area contributed by atoms with E-state index >= 15 is 0 Å². The summed E-state index contributed by atoms with van der Waals surface area (Å²) in [6, 6.07) is 9.24. The van der Waals surface area contributed by atoms with Crippen molar-refractivity contribution in [3.05, 3.63) is 54.2 Å². The second-order valence-corrected chi connectivity index (χ2v) is 5.79. The largest absolute Gasteiger partial charge is 0.459 e. The van der Waals surface area contributed by atoms with Gasteiger partial charge in [0, 0.05) is 12.7 Å². The molecule has 1 amide bonds. The summed E-state index contributed by atoms with van der Waals surface area (Å²) in [5, 5.41) is 0. The van der Waals surface area contributed by atoms with Crippen molar-refractivity contribution in [2.75, 3.05) is 6.54 Å². The van der Waals surface area contributed by atoms with Gasteiger partial charge in [-0.2, -0.15) is 0 Å². The van der Waals surface area contributed by atoms with Crippen molar-refractivity contribution < 1.29 is 9.21 Å². The van der Waals surface area contributed by atoms with E-state index in [9.17, 15) is 4.79 Å². The van der Waals surface area contributed by atoms with Gasteiger partial charge in [-0.1, -0.05) is 45.1 Å². The Morgan fingerprint density at radius 2 is 1.91 bits per heavy atom. The molecule has 0 N–H and O–H groups in total. The monoisotopic (exact) mass is 314 g/mol. The van der Waals surface area contributed by atoms with E-state index in [1.54, 1.807) is 18.3 Å². The number of carbonyl (C=O) groups is 1. The zero-order valence-electron chi connectivity index (χ0n) is 13.9. The summed E-state index contributed by atoms with van der Waals surface area (Å²) in [6.45, 7) is 3.48. The van der Waals surface area contributed by atoms with Crippen LogP contribution in [0.4, 0.5) is 0 Å². The van der Waals surface area contributed by atoms with Crippen LogP contribution in [-0.4, -0.2) is 22.3 Å². The molecule has 23 heavy (non-hydrogen) atoms. The minimum atomic E-state index is -0.0609. The first-order valence-corrected chi connectivity index (χ1v) is 8.54. The molecule has 0 aromatic carbocycles. The van der Waals surface area contributed by atoms with Crippen LogP contribution in [0.15, 0.2) is 47.2 Å². The highest BCUT2D eigenvalue weighted by Crippen LogP contribution is 2.12. The molecular weight excluding hydrogens is 288 g/mol. The minimum Gasteiger partial charge on any atom is -0.459 e. The maximum atomic E-state index is 12.6. The average molecular weight is 314 g/mol. The summed E-state index contributed by atoms with van der Waals surface area (Å²) in [4.78, 5) is 18.7. The lowest BCUT2D eigenvalue weighted by molar-refractivity contribution is 0.0705. The lowest BCUT2D eigenvalue weighted by atomic mass is 10.1. The van der Waals surface area contributed by atoms with Gasteiger partial charge in [-0.25, -0.2) is 0 Å². The standard InChI is InChI=1S/C19H26N2O2/c1-2-3-4-5-6-9-14-21(16-17-11-7-8-13-20-17)19(22)18-12-10-15-23-18/h7-8,10-13,15H,2-6,9,14,16H2,1H3. The quantitative estimate of drug-likeness (QED) is 0.598. The molecule has 2 aromatic heterocycles. The van der Waals surface area contributed by atoms with Crippen LogP contribution in [0.2, 0.25) is 0 Å². The van der Waals surface area contributed by atoms with Crippen molar-refractivity contribution in [2.24, 2.45) is 0 Å². The fourth-order valence-electron chi connectivity index (χ4n) is 2.58. The van der Waals surface area contributed by atoms with E-state index in [0.29, 0.717) is 12.3 Å². The summed E-state index contributed by atoms with van der Waals surface area (Å²) in [5.41, 5.74) is 0.901. The van der Waals surface area contributed by atoms with Gasteiger partial charge in [0.05, 0.1) is 18.5 Å². The molecular formula is C19H26N2O2. The van der Waals surface area contributed by atoms with Crippen LogP contribution >= 0.6 is 0 Å². The fraction of sp³-hybridized carbons (Fsp3) is 0.474. The van der Waals surface area contributed by atoms with E-state index in [2.05, 4.69) is 11.9 Å². The number of nitrogens with zero attached hydrogens (tertiary/aromatic N) is 2. The number of aromatic nitrogens is 1. The summed E-state index contributed by atoms with van der Waals surface area (Å²) in [7, 11) is 0. The van der Waals surface area contributed by atoms with Gasteiger partial charge in [-0.05, 0) is 30.7 Å². The SMILES string of the molecule is CCCCCCCCN(Cc1ccccn1)C(=O)c1ccco1. The van der Waals surface area contributed by atoms with E-state index in [1.807, 2.05) is 23.1 Å². The Balaban J connectivity index is 1.90. The van der Waals surface area contributed by atoms with Gasteiger partial charge >= 0.3 is 0 Å². The number of amides is 1. The van der Waals surface area contributed by atoms with E-state index in [1.165, 1.54) is 31.9 Å². The van der Waals surface area contributed by atoms with Crippen molar-refractivity contribution in [3.8, 4) is 0 Å². The maximum absolute atomic E-state index is 12.6. The molecule has 124 valence electrons. The van der Waals surface area contributed by atoms with Gasteiger partial charge < -0.3 is 9.32 Å². The number of pyridine rings is 1. The van der Waals surface area contributed by atoms with Crippen LogP contribution < -0.4 is 0 Å². The Morgan fingerprint density at radius 3 is 2.61 bits per heavy atom. The summed E-state index contributed by atoms with van der Waals surface area (Å²) >= 11 is 0. The number of furan rings is 1. The van der Waals surface area contributed by atoms with E-state index in [-0.39, 0.29) is 5.91 Å². The molecule has 4 nitrogen and oxygen atoms in total. The van der Waals surface area contributed by atoms with Gasteiger partial charge in [-0.15, -0.1) is 0 Å². The lowest BCUT2D eigenvalue weighted by Crippen LogP contribution is -2.31. The van der Waals surface area contributed by atoms with Gasteiger partial charge in [0.2, 0.25) is 0 Å². The molecule has 0 saturated carbocycles. The Bertz CT molecular complexity index is 552. The Morgan fingerprint density at radius 1 is 1.09 bits per heavy atom. The van der Waals surface area contributed by atoms with E-state index < -0.39 is 0 Å². The summed E-state index contributed by atoms with van der Waals surface area (Å²) in [6.07, 6.45) is 10.5. The Kier molecular flexibility index (Phi) is 7.37. The topological polar surface area (TPSA) is 46.3 Å². The van der Waals surface area contributed by atoms with Crippen molar-refractivity contribution in [3.63, 3.8) is 0 Å². The van der Waals surface area contributed by atoms with Crippen LogP contribution in [0.1, 0.15) is 61.7 Å². The second-order valence-electron chi connectivity index (χ2n) is 5.79. The van der Waals surface area contributed by atoms with Crippen LogP contribution in [0, 0.1) is 0 Å². The first kappa shape index (κ1) is 17.3. The second kappa shape index (κ2) is 9.82. The fourth-order valence-corrected chi connectivity index (χ4v) is 2.58. The molecule has 0 aliphatic carbocycles. The number of rotatable bonds is 10. The number of hydrogen-bond donors (Lipinski definition) is 0. The zero-order valence-corrected chi connectivity index (χ0v) is 13.9. The number of unbranched alkanes of at least 4 members (excludes halogenated alkanes) is 5. The molecule has 0 radical (unpaired) electrons. The predicted octanol–water partition coefficient (Wildman–Crippen LogP) is 4.68. The lowest BCUT2D eigenvalue weighted by Gasteiger charge is -2.21. The molecule has 0 bridgehead atoms. The molecule has 0 aliphatic rings. The number of hydrogen-bond acceptors (Lipinski definition) is 3. The van der Waals surface area contributed by atoms with Gasteiger partial charge in [-0.3, -0.25) is 9.78 Å². The highest BCUT2D eigenvalue weighted by atomic mass is 16.3. The Labute approximate surface area is 138 Å². The van der Waals surface area contributed by atoms with E-state index in [0.717, 1.165) is 25.1 Å². The third-order valence-electron chi connectivity index (χ3n) is 3.88. The van der Waals surface area contributed by atoms with Crippen molar-refractivity contribution in [1.82, 2.24) is 9.88 Å². The van der Waals surface area contributed by atoms with Crippen LogP contribution in [0.25, 0.3) is 0 Å². The molecule has 0 unspecified atom stereocenters. The molecule has 0 atom stereocenters. The third-order valence-corrected chi connectivity index (χ3v) is 3.88. The predicted molar refractivity (Wildman–Crippen MR) is 91.1 cm³/mol.